The number of hydrogen-bond acceptors (Lipinski definition) is 5. The van der Waals surface area contributed by atoms with Gasteiger partial charge in [0.05, 0.1) is 24.9 Å². The Morgan fingerprint density at radius 3 is 3.06 bits per heavy atom. The summed E-state index contributed by atoms with van der Waals surface area (Å²) in [5.74, 6) is 0. The second-order valence-corrected chi connectivity index (χ2v) is 3.57. The van der Waals surface area contributed by atoms with Gasteiger partial charge in [-0.1, -0.05) is 5.21 Å². The molecular weight excluding hydrogens is 210 g/mol. The summed E-state index contributed by atoms with van der Waals surface area (Å²) in [5, 5.41) is 26.1. The van der Waals surface area contributed by atoms with Crippen LogP contribution in [0.3, 0.4) is 0 Å². The fourth-order valence-corrected chi connectivity index (χ4v) is 1.33. The predicted octanol–water partition coefficient (Wildman–Crippen LogP) is -0.400. The molecule has 2 N–H and O–H groups in total. The Kier molecular flexibility index (Phi) is 5.99. The van der Waals surface area contributed by atoms with E-state index in [-0.39, 0.29) is 6.61 Å². The highest BCUT2D eigenvalue weighted by molar-refractivity contribution is 4.92. The first kappa shape index (κ1) is 13.1. The van der Waals surface area contributed by atoms with Gasteiger partial charge >= 0.3 is 0 Å². The Labute approximate surface area is 94.8 Å². The van der Waals surface area contributed by atoms with Gasteiger partial charge in [-0.2, -0.15) is 0 Å². The van der Waals surface area contributed by atoms with Crippen LogP contribution >= 0.6 is 0 Å². The van der Waals surface area contributed by atoms with Crippen molar-refractivity contribution < 1.29 is 14.9 Å². The van der Waals surface area contributed by atoms with E-state index in [1.54, 1.807) is 10.9 Å². The van der Waals surface area contributed by atoms with Crippen molar-refractivity contribution in [2.75, 3.05) is 19.8 Å². The topological polar surface area (TPSA) is 80.4 Å². The molecule has 0 radical (unpaired) electrons. The number of rotatable bonds is 8. The Morgan fingerprint density at radius 1 is 1.56 bits per heavy atom. The highest BCUT2D eigenvalue weighted by Gasteiger charge is 2.07. The van der Waals surface area contributed by atoms with Crippen molar-refractivity contribution in [2.24, 2.45) is 0 Å². The minimum atomic E-state index is -0.563. The molecular formula is C10H19N3O3. The van der Waals surface area contributed by atoms with Crippen LogP contribution in [0.4, 0.5) is 0 Å². The second-order valence-electron chi connectivity index (χ2n) is 3.57. The van der Waals surface area contributed by atoms with E-state index in [1.807, 2.05) is 6.92 Å². The fourth-order valence-electron chi connectivity index (χ4n) is 1.33. The maximum absolute atomic E-state index is 9.57. The monoisotopic (exact) mass is 229 g/mol. The smallest absolute Gasteiger partial charge is 0.0969 e. The van der Waals surface area contributed by atoms with E-state index in [0.717, 1.165) is 5.69 Å². The summed E-state index contributed by atoms with van der Waals surface area (Å²) in [6.07, 6.45) is 2.61. The van der Waals surface area contributed by atoms with Gasteiger partial charge in [-0.3, -0.25) is 0 Å². The minimum Gasteiger partial charge on any atom is -0.396 e. The lowest BCUT2D eigenvalue weighted by Crippen LogP contribution is -2.22. The first-order chi connectivity index (χ1) is 7.76. The van der Waals surface area contributed by atoms with E-state index in [9.17, 15) is 5.11 Å². The van der Waals surface area contributed by atoms with Crippen LogP contribution in [0.15, 0.2) is 6.20 Å². The van der Waals surface area contributed by atoms with Crippen LogP contribution in [0.1, 0.15) is 19.0 Å². The minimum absolute atomic E-state index is 0.153. The highest BCUT2D eigenvalue weighted by Crippen LogP contribution is 1.99. The van der Waals surface area contributed by atoms with Gasteiger partial charge in [-0.05, 0) is 19.8 Å². The number of ether oxygens (including phenoxy) is 1. The fraction of sp³-hybridized carbons (Fsp3) is 0.800. The zero-order valence-corrected chi connectivity index (χ0v) is 9.54. The van der Waals surface area contributed by atoms with Crippen molar-refractivity contribution in [3.8, 4) is 0 Å². The van der Waals surface area contributed by atoms with Crippen molar-refractivity contribution in [3.05, 3.63) is 11.9 Å². The van der Waals surface area contributed by atoms with Gasteiger partial charge in [0, 0.05) is 19.4 Å². The molecule has 1 aromatic heterocycles. The Balaban J connectivity index is 2.33. The number of aliphatic hydroxyl groups excluding tert-OH is 2. The largest absolute Gasteiger partial charge is 0.396 e. The van der Waals surface area contributed by atoms with Crippen LogP contribution in [-0.4, -0.2) is 51.1 Å². The molecule has 0 saturated heterocycles. The molecule has 0 aromatic carbocycles. The number of aryl methyl sites for hydroxylation is 1. The van der Waals surface area contributed by atoms with E-state index in [0.29, 0.717) is 32.6 Å². The normalized spacial score (nSPS) is 12.9. The summed E-state index contributed by atoms with van der Waals surface area (Å²) in [6, 6.07) is 0. The van der Waals surface area contributed by atoms with Crippen LogP contribution < -0.4 is 0 Å². The zero-order valence-electron chi connectivity index (χ0n) is 9.54. The maximum atomic E-state index is 9.57. The molecule has 1 atom stereocenters. The summed E-state index contributed by atoms with van der Waals surface area (Å²) in [5.41, 5.74) is 0.831. The Morgan fingerprint density at radius 2 is 2.38 bits per heavy atom. The predicted molar refractivity (Wildman–Crippen MR) is 57.9 cm³/mol. The average molecular weight is 229 g/mol. The third-order valence-electron chi connectivity index (χ3n) is 2.09. The number of aliphatic hydroxyl groups is 2. The van der Waals surface area contributed by atoms with Gasteiger partial charge in [-0.15, -0.1) is 5.10 Å². The van der Waals surface area contributed by atoms with Crippen molar-refractivity contribution in [2.45, 2.75) is 32.4 Å². The third kappa shape index (κ3) is 4.69. The molecule has 16 heavy (non-hydrogen) atoms. The highest BCUT2D eigenvalue weighted by atomic mass is 16.5. The molecule has 0 amide bonds. The van der Waals surface area contributed by atoms with Crippen molar-refractivity contribution in [3.63, 3.8) is 0 Å². The summed E-state index contributed by atoms with van der Waals surface area (Å²) < 4.78 is 6.69. The average Bonchev–Trinajstić information content (AvgIpc) is 2.71. The molecule has 1 unspecified atom stereocenters. The maximum Gasteiger partial charge on any atom is 0.0969 e. The van der Waals surface area contributed by atoms with Gasteiger partial charge in [0.15, 0.2) is 0 Å². The molecule has 0 bridgehead atoms. The quantitative estimate of drug-likeness (QED) is 0.634. The van der Waals surface area contributed by atoms with E-state index in [1.165, 1.54) is 0 Å². The van der Waals surface area contributed by atoms with Crippen LogP contribution in [-0.2, 0) is 17.7 Å². The zero-order chi connectivity index (χ0) is 11.8. The molecule has 6 nitrogen and oxygen atoms in total. The molecule has 6 heteroatoms. The van der Waals surface area contributed by atoms with Crippen LogP contribution in [0, 0.1) is 0 Å². The molecule has 0 saturated carbocycles. The van der Waals surface area contributed by atoms with E-state index < -0.39 is 6.10 Å². The van der Waals surface area contributed by atoms with Crippen molar-refractivity contribution >= 4 is 0 Å². The molecule has 0 aliphatic carbocycles. The number of aromatic nitrogens is 3. The SMILES string of the molecule is CCOCC(O)Cn1cc(CCCO)nn1. The summed E-state index contributed by atoms with van der Waals surface area (Å²) in [7, 11) is 0. The first-order valence-electron chi connectivity index (χ1n) is 5.52. The van der Waals surface area contributed by atoms with Gasteiger partial charge in [0.1, 0.15) is 0 Å². The van der Waals surface area contributed by atoms with E-state index in [4.69, 9.17) is 9.84 Å². The Hall–Kier alpha value is -0.980. The summed E-state index contributed by atoms with van der Waals surface area (Å²) in [6.45, 7) is 3.32. The lowest BCUT2D eigenvalue weighted by atomic mass is 10.2. The van der Waals surface area contributed by atoms with Crippen LogP contribution in [0.5, 0.6) is 0 Å². The van der Waals surface area contributed by atoms with Crippen molar-refractivity contribution in [1.82, 2.24) is 15.0 Å². The number of nitrogens with zero attached hydrogens (tertiary/aromatic N) is 3. The van der Waals surface area contributed by atoms with Crippen molar-refractivity contribution in [1.29, 1.82) is 0 Å². The molecule has 0 fully saturated rings. The first-order valence-corrected chi connectivity index (χ1v) is 5.52. The van der Waals surface area contributed by atoms with Crippen LogP contribution in [0.25, 0.3) is 0 Å². The molecule has 0 aliphatic heterocycles. The lowest BCUT2D eigenvalue weighted by Gasteiger charge is -2.09. The summed E-state index contributed by atoms with van der Waals surface area (Å²) >= 11 is 0. The van der Waals surface area contributed by atoms with Crippen LogP contribution in [0.2, 0.25) is 0 Å². The van der Waals surface area contributed by atoms with E-state index >= 15 is 0 Å². The molecule has 1 aromatic rings. The van der Waals surface area contributed by atoms with Gasteiger partial charge in [0.2, 0.25) is 0 Å². The molecule has 92 valence electrons. The standard InChI is InChI=1S/C10H19N3O3/c1-2-16-8-10(15)7-13-6-9(11-12-13)4-3-5-14/h6,10,14-15H,2-5,7-8H2,1H3. The molecule has 1 heterocycles. The van der Waals surface area contributed by atoms with Gasteiger partial charge in [0.25, 0.3) is 0 Å². The lowest BCUT2D eigenvalue weighted by molar-refractivity contribution is 0.0313. The molecule has 0 spiro atoms. The molecule has 1 rings (SSSR count). The third-order valence-corrected chi connectivity index (χ3v) is 2.09. The second kappa shape index (κ2) is 7.32. The van der Waals surface area contributed by atoms with Gasteiger partial charge < -0.3 is 14.9 Å². The Bertz CT molecular complexity index is 291. The van der Waals surface area contributed by atoms with Gasteiger partial charge in [-0.25, -0.2) is 4.68 Å². The summed E-state index contributed by atoms with van der Waals surface area (Å²) in [4.78, 5) is 0. The van der Waals surface area contributed by atoms with E-state index in [2.05, 4.69) is 10.3 Å². The molecule has 0 aliphatic rings. The number of hydrogen-bond donors (Lipinski definition) is 2.